The van der Waals surface area contributed by atoms with Crippen LogP contribution in [0.3, 0.4) is 0 Å². The smallest absolute Gasteiger partial charge is 0.407 e. The van der Waals surface area contributed by atoms with Crippen LogP contribution < -0.4 is 10.1 Å². The number of phenols is 2. The molecule has 1 saturated heterocycles. The Labute approximate surface area is 334 Å². The molecule has 4 aliphatic rings. The highest BCUT2D eigenvalue weighted by molar-refractivity contribution is 6.31. The average molecular weight is 808 g/mol. The van der Waals surface area contributed by atoms with Crippen LogP contribution in [0.4, 0.5) is 4.79 Å². The number of nitrogens with one attached hydrogen (secondary N) is 1. The van der Waals surface area contributed by atoms with Gasteiger partial charge >= 0.3 is 12.1 Å². The number of methoxy groups -OCH3 is 1. The van der Waals surface area contributed by atoms with Crippen LogP contribution >= 0.6 is 0 Å². The van der Waals surface area contributed by atoms with E-state index < -0.39 is 113 Å². The van der Waals surface area contributed by atoms with Crippen LogP contribution in [-0.4, -0.2) is 105 Å². The van der Waals surface area contributed by atoms with Crippen LogP contribution in [0.25, 0.3) is 0 Å². The first kappa shape index (κ1) is 42.4. The fourth-order valence-electron chi connectivity index (χ4n) is 8.58. The van der Waals surface area contributed by atoms with Crippen molar-refractivity contribution in [3.05, 3.63) is 63.7 Å². The first-order chi connectivity index (χ1) is 27.4. The van der Waals surface area contributed by atoms with Crippen molar-refractivity contribution in [3.63, 3.8) is 0 Å². The average Bonchev–Trinajstić information content (AvgIpc) is 3.18. The molecule has 1 fully saturated rings. The number of aliphatic hydroxyl groups excluding tert-OH is 1. The van der Waals surface area contributed by atoms with Crippen molar-refractivity contribution in [2.75, 3.05) is 13.7 Å². The molecule has 1 aliphatic heterocycles. The number of allylic oxidation sites excluding steroid dienone is 1. The molecule has 0 radical (unpaired) electrons. The normalized spacial score (nSPS) is 29.8. The molecule has 1 heterocycles. The third kappa shape index (κ3) is 7.97. The van der Waals surface area contributed by atoms with Crippen molar-refractivity contribution in [1.29, 1.82) is 0 Å². The molecule has 0 aromatic heterocycles. The number of phenolic OH excluding ortho intramolecular Hbond substituents is 2. The Morgan fingerprint density at radius 1 is 0.983 bits per heavy atom. The van der Waals surface area contributed by atoms with E-state index in [9.17, 15) is 49.2 Å². The first-order valence-corrected chi connectivity index (χ1v) is 19.4. The molecule has 6 N–H and O–H groups in total. The van der Waals surface area contributed by atoms with Gasteiger partial charge in [0.05, 0.1) is 42.4 Å². The van der Waals surface area contributed by atoms with Crippen LogP contribution in [0, 0.1) is 11.3 Å². The van der Waals surface area contributed by atoms with Gasteiger partial charge in [0.25, 0.3) is 0 Å². The van der Waals surface area contributed by atoms with E-state index in [1.165, 1.54) is 25.3 Å². The van der Waals surface area contributed by atoms with E-state index in [0.29, 0.717) is 25.7 Å². The molecule has 1 amide bonds. The number of carbonyl (C=O) groups is 6. The molecular weight excluding hydrogens is 758 g/mol. The number of aliphatic hydroxyl groups is 2. The topological polar surface area (TPSA) is 253 Å². The molecule has 0 spiro atoms. The van der Waals surface area contributed by atoms with E-state index in [-0.39, 0.29) is 59.0 Å². The van der Waals surface area contributed by atoms with Crippen LogP contribution in [0.2, 0.25) is 0 Å². The Balaban J connectivity index is 1.24. The van der Waals surface area contributed by atoms with Crippen LogP contribution in [0.1, 0.15) is 121 Å². The molecule has 16 heteroatoms. The maximum absolute atomic E-state index is 14.0. The molecule has 3 aliphatic carbocycles. The zero-order valence-electron chi connectivity index (χ0n) is 32.7. The highest BCUT2D eigenvalue weighted by Crippen LogP contribution is 2.52. The molecule has 0 saturated carbocycles. The van der Waals surface area contributed by atoms with E-state index in [1.54, 1.807) is 19.9 Å². The van der Waals surface area contributed by atoms with Crippen molar-refractivity contribution in [2.45, 2.75) is 115 Å². The largest absolute Gasteiger partial charge is 0.507 e. The minimum Gasteiger partial charge on any atom is -0.507 e. The SMILES string of the molecule is COc1cccc2c1C(=O)c1c(O)c3c(c(O)c1C2=O)C[C@@](O)(C(=O)CO)C[C@@H]3OC1C[C@H](NC(=O)O[C@H]2/C=C/CC[C@@](C)(C(=O)CCC(=O)O)CC2)[C@H](C)[C@H](C)O1. The van der Waals surface area contributed by atoms with Crippen LogP contribution in [-0.2, 0) is 35.0 Å². The fraction of sp³-hybridized carbons (Fsp3) is 0.524. The van der Waals surface area contributed by atoms with E-state index in [2.05, 4.69) is 5.32 Å². The standard InChI is InChI=1S/C42H49NO15/c1-20-21(2)56-31(16-25(20)43-40(53)57-22-8-5-6-14-41(3,15-13-22)28(45)11-12-30(47)48)58-27-18-42(54,29(46)19-44)17-24-33(27)39(52)35-34(37(24)50)36(49)23-9-7-10-26(55-4)32(23)38(35)51/h5,7-10,20-22,25,27,31,44,50,52,54H,6,11-19H2,1-4H3,(H,43,53)(H,47,48)/b8-5+/t20-,21+,22+,25+,27+,31?,41-,42+/m1/s1. The number of aliphatic carboxylic acids is 1. The van der Waals surface area contributed by atoms with Gasteiger partial charge in [-0.15, -0.1) is 0 Å². The predicted molar refractivity (Wildman–Crippen MR) is 202 cm³/mol. The third-order valence-electron chi connectivity index (χ3n) is 12.2. The number of rotatable bonds is 11. The Hall–Kier alpha value is -5.16. The summed E-state index contributed by atoms with van der Waals surface area (Å²) in [5, 5.41) is 56.8. The molecule has 0 bridgehead atoms. The van der Waals surface area contributed by atoms with E-state index in [1.807, 2.05) is 13.0 Å². The summed E-state index contributed by atoms with van der Waals surface area (Å²) in [4.78, 5) is 78.1. The number of aromatic hydroxyl groups is 2. The lowest BCUT2D eigenvalue weighted by Gasteiger charge is -2.43. The number of ether oxygens (including phenoxy) is 4. The number of carbonyl (C=O) groups excluding carboxylic acids is 5. The lowest BCUT2D eigenvalue weighted by molar-refractivity contribution is -0.238. The summed E-state index contributed by atoms with van der Waals surface area (Å²) in [6, 6.07) is 3.72. The number of fused-ring (bicyclic) bond motifs is 3. The fourth-order valence-corrected chi connectivity index (χ4v) is 8.58. The van der Waals surface area contributed by atoms with Crippen LogP contribution in [0.5, 0.6) is 17.2 Å². The van der Waals surface area contributed by atoms with Gasteiger partial charge in [0.15, 0.2) is 17.9 Å². The third-order valence-corrected chi connectivity index (χ3v) is 12.2. The number of Topliss-reactive ketones (excluding diaryl/α,β-unsaturated/α-hetero) is 2. The summed E-state index contributed by atoms with van der Waals surface area (Å²) in [5.74, 6) is -5.49. The van der Waals surface area contributed by atoms with Gasteiger partial charge < -0.3 is 49.8 Å². The van der Waals surface area contributed by atoms with Gasteiger partial charge in [0.1, 0.15) is 41.3 Å². The van der Waals surface area contributed by atoms with Gasteiger partial charge in [-0.25, -0.2) is 4.79 Å². The quantitative estimate of drug-likeness (QED) is 0.118. The highest BCUT2D eigenvalue weighted by atomic mass is 16.7. The lowest BCUT2D eigenvalue weighted by atomic mass is 9.72. The molecule has 2 aromatic rings. The zero-order valence-corrected chi connectivity index (χ0v) is 32.7. The van der Waals surface area contributed by atoms with Crippen molar-refractivity contribution in [1.82, 2.24) is 5.32 Å². The Morgan fingerprint density at radius 2 is 1.71 bits per heavy atom. The molecule has 2 aromatic carbocycles. The minimum absolute atomic E-state index is 0.00907. The Kier molecular flexibility index (Phi) is 12.1. The van der Waals surface area contributed by atoms with Crippen molar-refractivity contribution in [3.8, 4) is 17.2 Å². The maximum atomic E-state index is 14.0. The van der Waals surface area contributed by atoms with Crippen molar-refractivity contribution >= 4 is 35.2 Å². The number of hydrogen-bond acceptors (Lipinski definition) is 14. The second kappa shape index (κ2) is 16.6. The molecule has 8 atom stereocenters. The van der Waals surface area contributed by atoms with Crippen molar-refractivity contribution < 1.29 is 73.2 Å². The van der Waals surface area contributed by atoms with Gasteiger partial charge in [0.2, 0.25) is 5.78 Å². The summed E-state index contributed by atoms with van der Waals surface area (Å²) in [6.45, 7) is 4.32. The summed E-state index contributed by atoms with van der Waals surface area (Å²) in [6.07, 6.45) is -0.690. The predicted octanol–water partition coefficient (Wildman–Crippen LogP) is 3.98. The zero-order chi connectivity index (χ0) is 42.3. The number of carboxylic acid groups (broad SMARTS) is 1. The lowest BCUT2D eigenvalue weighted by Crippen LogP contribution is -2.52. The Morgan fingerprint density at radius 3 is 2.40 bits per heavy atom. The number of hydrogen-bond donors (Lipinski definition) is 6. The van der Waals surface area contributed by atoms with Gasteiger partial charge in [-0.2, -0.15) is 0 Å². The number of carboxylic acids is 1. The van der Waals surface area contributed by atoms with Gasteiger partial charge in [-0.1, -0.05) is 32.1 Å². The number of alkyl carbamates (subject to hydrolysis) is 1. The Bertz CT molecular complexity index is 2060. The molecule has 1 unspecified atom stereocenters. The molecule has 312 valence electrons. The summed E-state index contributed by atoms with van der Waals surface area (Å²) < 4.78 is 23.6. The second-order valence-corrected chi connectivity index (χ2v) is 15.9. The summed E-state index contributed by atoms with van der Waals surface area (Å²) >= 11 is 0. The molecule has 6 rings (SSSR count). The molecule has 58 heavy (non-hydrogen) atoms. The number of ketones is 4. The van der Waals surface area contributed by atoms with Crippen LogP contribution in [0.15, 0.2) is 30.4 Å². The molecule has 16 nitrogen and oxygen atoms in total. The van der Waals surface area contributed by atoms with E-state index in [0.717, 1.165) is 0 Å². The second-order valence-electron chi connectivity index (χ2n) is 15.9. The maximum Gasteiger partial charge on any atom is 0.407 e. The summed E-state index contributed by atoms with van der Waals surface area (Å²) in [5.41, 5.74) is -4.72. The highest BCUT2D eigenvalue weighted by Gasteiger charge is 2.50. The van der Waals surface area contributed by atoms with Crippen molar-refractivity contribution in [2.24, 2.45) is 11.3 Å². The molecular formula is C42H49NO15. The minimum atomic E-state index is -2.33. The van der Waals surface area contributed by atoms with Gasteiger partial charge in [-0.3, -0.25) is 24.0 Å². The van der Waals surface area contributed by atoms with E-state index in [4.69, 9.17) is 24.1 Å². The summed E-state index contributed by atoms with van der Waals surface area (Å²) in [7, 11) is 1.31. The van der Waals surface area contributed by atoms with E-state index >= 15 is 0 Å². The number of benzene rings is 2. The monoisotopic (exact) mass is 807 g/mol. The first-order valence-electron chi connectivity index (χ1n) is 19.4. The van der Waals surface area contributed by atoms with Gasteiger partial charge in [-0.05, 0) is 44.7 Å². The van der Waals surface area contributed by atoms with Gasteiger partial charge in [0, 0.05) is 59.7 Å². The number of amides is 1.